The molecule has 6 nitrogen and oxygen atoms in total. The fraction of sp³-hybridized carbons (Fsp3) is 0.278. The molecule has 0 aliphatic rings. The zero-order valence-corrected chi connectivity index (χ0v) is 14.3. The smallest absolute Gasteiger partial charge is 0.313 e. The number of unbranched alkanes of at least 4 members (excludes halogenated alkanes) is 2. The second-order valence-corrected chi connectivity index (χ2v) is 5.84. The van der Waals surface area contributed by atoms with E-state index in [1.165, 1.54) is 12.1 Å². The van der Waals surface area contributed by atoms with Gasteiger partial charge in [-0.25, -0.2) is 0 Å². The molecular weight excluding hydrogens is 342 g/mol. The van der Waals surface area contributed by atoms with Gasteiger partial charge in [0.05, 0.1) is 11.0 Å². The van der Waals surface area contributed by atoms with Crippen LogP contribution >= 0.6 is 11.6 Å². The molecule has 130 valence electrons. The largest absolute Gasteiger partial charge is 0.450 e. The van der Waals surface area contributed by atoms with Crippen LogP contribution in [-0.2, 0) is 6.54 Å². The number of rotatable bonds is 9. The lowest BCUT2D eigenvalue weighted by atomic mass is 10.2. The predicted molar refractivity (Wildman–Crippen MR) is 95.8 cm³/mol. The first-order chi connectivity index (χ1) is 12.1. The van der Waals surface area contributed by atoms with Crippen molar-refractivity contribution in [3.8, 4) is 17.6 Å². The Bertz CT molecular complexity index is 757. The summed E-state index contributed by atoms with van der Waals surface area (Å²) in [7, 11) is 0. The van der Waals surface area contributed by atoms with E-state index in [4.69, 9.17) is 21.6 Å². The third-order valence-electron chi connectivity index (χ3n) is 3.49. The molecule has 0 aliphatic heterocycles. The fourth-order valence-corrected chi connectivity index (χ4v) is 2.37. The molecule has 0 aromatic heterocycles. The van der Waals surface area contributed by atoms with Crippen LogP contribution in [-0.4, -0.2) is 11.5 Å². The van der Waals surface area contributed by atoms with Crippen molar-refractivity contribution < 1.29 is 9.66 Å². The quantitative estimate of drug-likeness (QED) is 0.393. The molecule has 0 atom stereocenters. The maximum Gasteiger partial charge on any atom is 0.313 e. The Morgan fingerprint density at radius 2 is 1.96 bits per heavy atom. The van der Waals surface area contributed by atoms with Crippen LogP contribution in [0.1, 0.15) is 24.8 Å². The summed E-state index contributed by atoms with van der Waals surface area (Å²) in [5, 5.41) is 23.1. The summed E-state index contributed by atoms with van der Waals surface area (Å²) < 4.78 is 5.60. The second kappa shape index (κ2) is 9.62. The highest BCUT2D eigenvalue weighted by Crippen LogP contribution is 2.33. The van der Waals surface area contributed by atoms with Crippen molar-refractivity contribution in [1.82, 2.24) is 5.32 Å². The van der Waals surface area contributed by atoms with Crippen LogP contribution < -0.4 is 10.1 Å². The van der Waals surface area contributed by atoms with Crippen molar-refractivity contribution in [2.45, 2.75) is 25.8 Å². The molecule has 2 aromatic carbocycles. The van der Waals surface area contributed by atoms with Crippen LogP contribution in [0.5, 0.6) is 11.5 Å². The predicted octanol–water partition coefficient (Wildman–Crippen LogP) is 4.82. The standard InChI is InChI=1S/C18H18ClN3O3/c19-15-6-9-18(17(12-15)22(23)24)25-16-7-4-14(5-8-16)13-21-11-3-1-2-10-20/h4-9,12,21H,1-3,11,13H2. The van der Waals surface area contributed by atoms with Gasteiger partial charge in [0, 0.05) is 24.1 Å². The Hall–Kier alpha value is -2.62. The first-order valence-corrected chi connectivity index (χ1v) is 8.26. The topological polar surface area (TPSA) is 88.2 Å². The zero-order valence-electron chi connectivity index (χ0n) is 13.6. The number of benzene rings is 2. The van der Waals surface area contributed by atoms with E-state index >= 15 is 0 Å². The summed E-state index contributed by atoms with van der Waals surface area (Å²) in [6.45, 7) is 1.57. The molecule has 0 radical (unpaired) electrons. The number of hydrogen-bond donors (Lipinski definition) is 1. The molecule has 2 aromatic rings. The fourth-order valence-electron chi connectivity index (χ4n) is 2.21. The van der Waals surface area contributed by atoms with Crippen molar-refractivity contribution in [2.75, 3.05) is 6.54 Å². The van der Waals surface area contributed by atoms with Gasteiger partial charge in [-0.2, -0.15) is 5.26 Å². The number of halogens is 1. The molecule has 1 N–H and O–H groups in total. The highest BCUT2D eigenvalue weighted by molar-refractivity contribution is 6.30. The van der Waals surface area contributed by atoms with E-state index < -0.39 is 4.92 Å². The molecule has 0 bridgehead atoms. The van der Waals surface area contributed by atoms with Gasteiger partial charge in [-0.1, -0.05) is 23.7 Å². The Balaban J connectivity index is 1.91. The van der Waals surface area contributed by atoms with Gasteiger partial charge in [-0.3, -0.25) is 10.1 Å². The summed E-state index contributed by atoms with van der Waals surface area (Å²) in [6.07, 6.45) is 2.45. The van der Waals surface area contributed by atoms with Gasteiger partial charge in [0.1, 0.15) is 5.75 Å². The second-order valence-electron chi connectivity index (χ2n) is 5.41. The van der Waals surface area contributed by atoms with Crippen molar-refractivity contribution >= 4 is 17.3 Å². The van der Waals surface area contributed by atoms with Crippen LogP contribution in [0.3, 0.4) is 0 Å². The lowest BCUT2D eigenvalue weighted by Crippen LogP contribution is -2.14. The van der Waals surface area contributed by atoms with Gasteiger partial charge in [-0.05, 0) is 49.2 Å². The zero-order chi connectivity index (χ0) is 18.1. The molecule has 0 heterocycles. The molecule has 7 heteroatoms. The molecule has 25 heavy (non-hydrogen) atoms. The van der Waals surface area contributed by atoms with Crippen molar-refractivity contribution in [3.05, 3.63) is 63.2 Å². The monoisotopic (exact) mass is 359 g/mol. The lowest BCUT2D eigenvalue weighted by molar-refractivity contribution is -0.385. The van der Waals surface area contributed by atoms with Crippen molar-refractivity contribution in [1.29, 1.82) is 5.26 Å². The van der Waals surface area contributed by atoms with Crippen molar-refractivity contribution in [2.24, 2.45) is 0 Å². The van der Waals surface area contributed by atoms with Crippen LogP contribution in [0.2, 0.25) is 5.02 Å². The van der Waals surface area contributed by atoms with E-state index in [-0.39, 0.29) is 16.5 Å². The van der Waals surface area contributed by atoms with Crippen LogP contribution in [0.4, 0.5) is 5.69 Å². The Kier molecular flexibility index (Phi) is 7.20. The minimum Gasteiger partial charge on any atom is -0.450 e. The minimum atomic E-state index is -0.522. The highest BCUT2D eigenvalue weighted by atomic mass is 35.5. The average Bonchev–Trinajstić information content (AvgIpc) is 2.60. The molecule has 2 rings (SSSR count). The molecule has 0 aliphatic carbocycles. The number of nitro groups is 1. The number of nitrogens with zero attached hydrogens (tertiary/aromatic N) is 2. The number of hydrogen-bond acceptors (Lipinski definition) is 5. The van der Waals surface area contributed by atoms with Gasteiger partial charge in [-0.15, -0.1) is 0 Å². The Morgan fingerprint density at radius 3 is 2.64 bits per heavy atom. The summed E-state index contributed by atoms with van der Waals surface area (Å²) in [4.78, 5) is 10.5. The first-order valence-electron chi connectivity index (χ1n) is 7.88. The number of nitro benzene ring substituents is 1. The molecule has 0 saturated carbocycles. The van der Waals surface area contributed by atoms with Gasteiger partial charge < -0.3 is 10.1 Å². The molecule has 0 unspecified atom stereocenters. The molecule has 0 amide bonds. The summed E-state index contributed by atoms with van der Waals surface area (Å²) in [5.74, 6) is 0.668. The van der Waals surface area contributed by atoms with E-state index in [0.717, 1.165) is 24.9 Å². The molecule has 0 saturated heterocycles. The normalized spacial score (nSPS) is 10.2. The van der Waals surface area contributed by atoms with E-state index in [1.807, 2.05) is 12.1 Å². The number of ether oxygens (including phenoxy) is 1. The third-order valence-corrected chi connectivity index (χ3v) is 3.73. The van der Waals surface area contributed by atoms with Gasteiger partial charge in [0.15, 0.2) is 0 Å². The maximum atomic E-state index is 11.1. The summed E-state index contributed by atoms with van der Waals surface area (Å²) in [5.41, 5.74) is 0.911. The Morgan fingerprint density at radius 1 is 1.20 bits per heavy atom. The van der Waals surface area contributed by atoms with Crippen LogP contribution in [0, 0.1) is 21.4 Å². The van der Waals surface area contributed by atoms with Gasteiger partial charge in [0.25, 0.3) is 0 Å². The van der Waals surface area contributed by atoms with E-state index in [2.05, 4.69) is 11.4 Å². The summed E-state index contributed by atoms with van der Waals surface area (Å²) in [6, 6.07) is 13.8. The number of nitrogens with one attached hydrogen (secondary N) is 1. The molecule has 0 fully saturated rings. The van der Waals surface area contributed by atoms with E-state index in [9.17, 15) is 10.1 Å². The SMILES string of the molecule is N#CCCCCNCc1ccc(Oc2ccc(Cl)cc2[N+](=O)[O-])cc1. The van der Waals surface area contributed by atoms with Gasteiger partial charge in [0.2, 0.25) is 5.75 Å². The summed E-state index contributed by atoms with van der Waals surface area (Å²) >= 11 is 5.79. The van der Waals surface area contributed by atoms with Crippen LogP contribution in [0.15, 0.2) is 42.5 Å². The lowest BCUT2D eigenvalue weighted by Gasteiger charge is -2.08. The van der Waals surface area contributed by atoms with Gasteiger partial charge >= 0.3 is 5.69 Å². The van der Waals surface area contributed by atoms with Crippen molar-refractivity contribution in [3.63, 3.8) is 0 Å². The van der Waals surface area contributed by atoms with Crippen LogP contribution in [0.25, 0.3) is 0 Å². The maximum absolute atomic E-state index is 11.1. The molecular formula is C18H18ClN3O3. The third kappa shape index (κ3) is 6.07. The molecule has 0 spiro atoms. The minimum absolute atomic E-state index is 0.151. The average molecular weight is 360 g/mol. The highest BCUT2D eigenvalue weighted by Gasteiger charge is 2.16. The number of nitriles is 1. The van der Waals surface area contributed by atoms with E-state index in [0.29, 0.717) is 18.7 Å². The first kappa shape index (κ1) is 18.7. The Labute approximate surface area is 151 Å². The van der Waals surface area contributed by atoms with E-state index in [1.54, 1.807) is 18.2 Å².